The minimum atomic E-state index is 0.255. The van der Waals surface area contributed by atoms with Crippen LogP contribution in [-0.4, -0.2) is 18.7 Å². The molecule has 0 saturated carbocycles. The Morgan fingerprint density at radius 3 is 2.71 bits per heavy atom. The van der Waals surface area contributed by atoms with Crippen molar-refractivity contribution in [2.75, 3.05) is 7.11 Å². The van der Waals surface area contributed by atoms with Crippen molar-refractivity contribution >= 4 is 11.5 Å². The second-order valence-electron chi connectivity index (χ2n) is 4.36. The Morgan fingerprint density at radius 1 is 1.35 bits per heavy atom. The van der Waals surface area contributed by atoms with E-state index >= 15 is 0 Å². The number of hydrogen-bond donors (Lipinski definition) is 1. The Morgan fingerprint density at radius 2 is 2.12 bits per heavy atom. The van der Waals surface area contributed by atoms with Crippen LogP contribution in [0, 0.1) is 12.8 Å². The fourth-order valence-corrected chi connectivity index (χ4v) is 1.89. The van der Waals surface area contributed by atoms with Gasteiger partial charge in [-0.25, -0.2) is 0 Å². The van der Waals surface area contributed by atoms with Gasteiger partial charge in [-0.3, -0.25) is 0 Å². The first-order valence-corrected chi connectivity index (χ1v) is 5.66. The Kier molecular flexibility index (Phi) is 3.13. The lowest BCUT2D eigenvalue weighted by atomic mass is 9.96. The number of rotatable bonds is 2. The summed E-state index contributed by atoms with van der Waals surface area (Å²) in [6, 6.07) is 6.04. The van der Waals surface area contributed by atoms with E-state index in [0.717, 1.165) is 29.0 Å². The summed E-state index contributed by atoms with van der Waals surface area (Å²) in [4.78, 5) is 0. The molecule has 1 aliphatic rings. The van der Waals surface area contributed by atoms with Crippen LogP contribution >= 0.6 is 0 Å². The molecule has 0 saturated heterocycles. The van der Waals surface area contributed by atoms with Gasteiger partial charge in [-0.15, -0.1) is 5.10 Å². The van der Waals surface area contributed by atoms with Crippen molar-refractivity contribution in [2.24, 2.45) is 21.9 Å². The highest BCUT2D eigenvalue weighted by Gasteiger charge is 2.17. The van der Waals surface area contributed by atoms with Crippen LogP contribution in [0.3, 0.4) is 0 Å². The standard InChI is InChI=1S/C13H17N3O/c1-8-6-10(4-5-12(8)17-3)11-7-9(2)13(14)16-15-11/h4-6,9H,7H2,1-3H3,(H2,14,16). The molecule has 0 aromatic heterocycles. The fourth-order valence-electron chi connectivity index (χ4n) is 1.89. The van der Waals surface area contributed by atoms with Gasteiger partial charge >= 0.3 is 0 Å². The summed E-state index contributed by atoms with van der Waals surface area (Å²) >= 11 is 0. The zero-order valence-electron chi connectivity index (χ0n) is 10.4. The molecule has 1 aromatic rings. The van der Waals surface area contributed by atoms with E-state index < -0.39 is 0 Å². The molecule has 1 atom stereocenters. The Bertz CT molecular complexity index is 491. The van der Waals surface area contributed by atoms with Gasteiger partial charge in [0.1, 0.15) is 11.6 Å². The number of aryl methyl sites for hydroxylation is 1. The van der Waals surface area contributed by atoms with Gasteiger partial charge in [0.25, 0.3) is 0 Å². The number of benzene rings is 1. The molecule has 1 aliphatic heterocycles. The SMILES string of the molecule is COc1ccc(C2=NN=C(N)C(C)C2)cc1C. The quantitative estimate of drug-likeness (QED) is 0.847. The molecule has 4 heteroatoms. The topological polar surface area (TPSA) is 60.0 Å². The first-order chi connectivity index (χ1) is 8.11. The van der Waals surface area contributed by atoms with Crippen LogP contribution in [0.25, 0.3) is 0 Å². The molecule has 0 fully saturated rings. The number of hydrogen-bond acceptors (Lipinski definition) is 4. The third-order valence-corrected chi connectivity index (χ3v) is 3.02. The van der Waals surface area contributed by atoms with Crippen LogP contribution in [0.1, 0.15) is 24.5 Å². The van der Waals surface area contributed by atoms with Gasteiger partial charge in [0, 0.05) is 12.3 Å². The second kappa shape index (κ2) is 4.57. The average Bonchev–Trinajstić information content (AvgIpc) is 2.32. The maximum Gasteiger partial charge on any atom is 0.125 e. The lowest BCUT2D eigenvalue weighted by Gasteiger charge is -2.16. The smallest absolute Gasteiger partial charge is 0.125 e. The lowest BCUT2D eigenvalue weighted by Crippen LogP contribution is -2.26. The van der Waals surface area contributed by atoms with E-state index in [1.807, 2.05) is 19.1 Å². The summed E-state index contributed by atoms with van der Waals surface area (Å²) in [5, 5.41) is 8.16. The zero-order chi connectivity index (χ0) is 12.4. The minimum Gasteiger partial charge on any atom is -0.496 e. The van der Waals surface area contributed by atoms with Gasteiger partial charge in [-0.1, -0.05) is 6.92 Å². The molecule has 4 nitrogen and oxygen atoms in total. The second-order valence-corrected chi connectivity index (χ2v) is 4.36. The van der Waals surface area contributed by atoms with Gasteiger partial charge < -0.3 is 10.5 Å². The average molecular weight is 231 g/mol. The highest BCUT2D eigenvalue weighted by Crippen LogP contribution is 2.22. The maximum atomic E-state index is 5.72. The van der Waals surface area contributed by atoms with Gasteiger partial charge in [-0.2, -0.15) is 5.10 Å². The number of amidine groups is 1. The van der Waals surface area contributed by atoms with Crippen molar-refractivity contribution in [2.45, 2.75) is 20.3 Å². The highest BCUT2D eigenvalue weighted by molar-refractivity contribution is 6.04. The third kappa shape index (κ3) is 2.30. The van der Waals surface area contributed by atoms with E-state index in [4.69, 9.17) is 10.5 Å². The van der Waals surface area contributed by atoms with E-state index in [2.05, 4.69) is 23.2 Å². The van der Waals surface area contributed by atoms with Crippen molar-refractivity contribution < 1.29 is 4.74 Å². The molecule has 0 amide bonds. The Labute approximate surface area is 101 Å². The first-order valence-electron chi connectivity index (χ1n) is 5.66. The molecule has 2 rings (SSSR count). The zero-order valence-corrected chi connectivity index (χ0v) is 10.4. The van der Waals surface area contributed by atoms with E-state index in [-0.39, 0.29) is 5.92 Å². The van der Waals surface area contributed by atoms with Crippen molar-refractivity contribution in [3.8, 4) is 5.75 Å². The number of nitrogens with zero attached hydrogens (tertiary/aromatic N) is 2. The molecule has 0 aliphatic carbocycles. The lowest BCUT2D eigenvalue weighted by molar-refractivity contribution is 0.411. The van der Waals surface area contributed by atoms with Crippen molar-refractivity contribution in [3.05, 3.63) is 29.3 Å². The summed E-state index contributed by atoms with van der Waals surface area (Å²) in [5.41, 5.74) is 8.89. The Balaban J connectivity index is 2.33. The summed E-state index contributed by atoms with van der Waals surface area (Å²) < 4.78 is 5.24. The molecule has 0 spiro atoms. The molecular formula is C13H17N3O. The molecule has 0 radical (unpaired) electrons. The van der Waals surface area contributed by atoms with Crippen molar-refractivity contribution in [3.63, 3.8) is 0 Å². The fraction of sp³-hybridized carbons (Fsp3) is 0.385. The summed E-state index contributed by atoms with van der Waals surface area (Å²) in [5.74, 6) is 1.75. The van der Waals surface area contributed by atoms with Crippen LogP contribution in [0.15, 0.2) is 28.4 Å². The van der Waals surface area contributed by atoms with Gasteiger partial charge in [0.2, 0.25) is 0 Å². The van der Waals surface area contributed by atoms with Gasteiger partial charge in [-0.05, 0) is 36.2 Å². The maximum absolute atomic E-state index is 5.72. The molecule has 2 N–H and O–H groups in total. The molecule has 1 aromatic carbocycles. The summed E-state index contributed by atoms with van der Waals surface area (Å²) in [7, 11) is 1.67. The number of nitrogens with two attached hydrogens (primary N) is 1. The normalized spacial score (nSPS) is 19.6. The van der Waals surface area contributed by atoms with Crippen molar-refractivity contribution in [1.82, 2.24) is 0 Å². The number of methoxy groups -OCH3 is 1. The number of ether oxygens (including phenoxy) is 1. The predicted molar refractivity (Wildman–Crippen MR) is 69.7 cm³/mol. The molecular weight excluding hydrogens is 214 g/mol. The van der Waals surface area contributed by atoms with Gasteiger partial charge in [0.15, 0.2) is 0 Å². The van der Waals surface area contributed by atoms with Gasteiger partial charge in [0.05, 0.1) is 12.8 Å². The minimum absolute atomic E-state index is 0.255. The van der Waals surface area contributed by atoms with E-state index in [9.17, 15) is 0 Å². The van der Waals surface area contributed by atoms with Crippen LogP contribution < -0.4 is 10.5 Å². The summed E-state index contributed by atoms with van der Waals surface area (Å²) in [6.07, 6.45) is 0.834. The van der Waals surface area contributed by atoms with Crippen molar-refractivity contribution in [1.29, 1.82) is 0 Å². The van der Waals surface area contributed by atoms with Crippen LogP contribution in [0.2, 0.25) is 0 Å². The molecule has 0 bridgehead atoms. The monoisotopic (exact) mass is 231 g/mol. The molecule has 1 heterocycles. The summed E-state index contributed by atoms with van der Waals surface area (Å²) in [6.45, 7) is 4.08. The largest absolute Gasteiger partial charge is 0.496 e. The highest BCUT2D eigenvalue weighted by atomic mass is 16.5. The molecule has 1 unspecified atom stereocenters. The first kappa shape index (κ1) is 11.6. The third-order valence-electron chi connectivity index (χ3n) is 3.02. The van der Waals surface area contributed by atoms with E-state index in [1.165, 1.54) is 0 Å². The molecule has 90 valence electrons. The van der Waals surface area contributed by atoms with Crippen LogP contribution in [-0.2, 0) is 0 Å². The predicted octanol–water partition coefficient (Wildman–Crippen LogP) is 2.10. The molecule has 17 heavy (non-hydrogen) atoms. The van der Waals surface area contributed by atoms with Crippen LogP contribution in [0.5, 0.6) is 5.75 Å². The van der Waals surface area contributed by atoms with E-state index in [0.29, 0.717) is 5.84 Å². The van der Waals surface area contributed by atoms with Crippen LogP contribution in [0.4, 0.5) is 0 Å². The van der Waals surface area contributed by atoms with E-state index in [1.54, 1.807) is 7.11 Å². The Hall–Kier alpha value is -1.84.